The average Bonchev–Trinajstić information content (AvgIpc) is 3.47. The number of hydrogen-bond donors (Lipinski definition) is 4. The first-order chi connectivity index (χ1) is 17.8. The molecule has 1 heterocycles. The number of ether oxygens (including phenoxy) is 1. The number of nitrogens with zero attached hydrogens (tertiary/aromatic N) is 2. The number of Topliss-reactive ketones (excluding diaryl/α,β-unsaturated/α-hetero) is 1. The van der Waals surface area contributed by atoms with E-state index in [2.05, 4.69) is 20.1 Å². The molecule has 11 nitrogen and oxygen atoms in total. The van der Waals surface area contributed by atoms with E-state index in [1.165, 1.54) is 0 Å². The highest BCUT2D eigenvalue weighted by molar-refractivity contribution is 7.90. The molecule has 1 aromatic rings. The fourth-order valence-electron chi connectivity index (χ4n) is 5.56. The Morgan fingerprint density at radius 3 is 2.47 bits per heavy atom. The van der Waals surface area contributed by atoms with Crippen molar-refractivity contribution in [1.82, 2.24) is 15.4 Å². The zero-order valence-corrected chi connectivity index (χ0v) is 23.5. The summed E-state index contributed by atoms with van der Waals surface area (Å²) in [6, 6.07) is -0.863. The van der Waals surface area contributed by atoms with Gasteiger partial charge in [-0.1, -0.05) is 12.8 Å². The monoisotopic (exact) mass is 546 g/mol. The minimum absolute atomic E-state index is 0.121. The van der Waals surface area contributed by atoms with Crippen LogP contribution < -0.4 is 15.4 Å². The lowest BCUT2D eigenvalue weighted by Gasteiger charge is -2.24. The molecular weight excluding hydrogens is 508 g/mol. The maximum Gasteiger partial charge on any atom is 0.325 e. The summed E-state index contributed by atoms with van der Waals surface area (Å²) in [7, 11) is -4.05. The highest BCUT2D eigenvalue weighted by atomic mass is 32.2. The van der Waals surface area contributed by atoms with Gasteiger partial charge in [-0.05, 0) is 88.1 Å². The van der Waals surface area contributed by atoms with Gasteiger partial charge < -0.3 is 20.9 Å². The van der Waals surface area contributed by atoms with Gasteiger partial charge in [0.1, 0.15) is 0 Å². The average molecular weight is 547 g/mol. The van der Waals surface area contributed by atoms with Crippen molar-refractivity contribution in [3.8, 4) is 0 Å². The minimum atomic E-state index is -4.05. The number of amides is 1. The van der Waals surface area contributed by atoms with Crippen molar-refractivity contribution in [3.05, 3.63) is 33.3 Å². The van der Waals surface area contributed by atoms with Crippen molar-refractivity contribution in [2.75, 3.05) is 6.54 Å². The first-order valence-corrected chi connectivity index (χ1v) is 14.4. The number of ketones is 1. The van der Waals surface area contributed by atoms with Crippen molar-refractivity contribution in [1.29, 1.82) is 5.41 Å². The molecule has 4 N–H and O–H groups in total. The van der Waals surface area contributed by atoms with Crippen molar-refractivity contribution >= 4 is 33.9 Å². The smallest absolute Gasteiger partial charge is 0.325 e. The van der Waals surface area contributed by atoms with Gasteiger partial charge in [0.15, 0.2) is 0 Å². The van der Waals surface area contributed by atoms with E-state index in [1.54, 1.807) is 13.8 Å². The number of fused-ring (bicyclic) bond motifs is 1. The summed E-state index contributed by atoms with van der Waals surface area (Å²) in [5, 5.41) is 13.6. The van der Waals surface area contributed by atoms with E-state index < -0.39 is 33.4 Å². The Hall–Kier alpha value is -3.08. The van der Waals surface area contributed by atoms with Gasteiger partial charge in [0.2, 0.25) is 11.9 Å². The summed E-state index contributed by atoms with van der Waals surface area (Å²) in [5.41, 5.74) is 12.2. The fourth-order valence-corrected chi connectivity index (χ4v) is 7.09. The van der Waals surface area contributed by atoms with Crippen LogP contribution in [0, 0.1) is 32.1 Å². The Bertz CT molecular complexity index is 1280. The number of carbonyl (C=O) groups is 2. The quantitative estimate of drug-likeness (QED) is 0.115. The van der Waals surface area contributed by atoms with Crippen LogP contribution in [0.25, 0.3) is 5.53 Å². The third-order valence-electron chi connectivity index (χ3n) is 7.60. The van der Waals surface area contributed by atoms with Crippen LogP contribution in [-0.2, 0) is 36.6 Å². The fraction of sp³-hybridized carbons (Fsp3) is 0.615. The molecule has 0 bridgehead atoms. The standard InChI is InChI=1S/C26H38N6O5S/c1-15-16(2)23(17(3)19-14-37-26(4,5)22(15)19)38(35,36)32-25(27)29-12-8-11-20(21(33)13-30-28)31-24(34)18-9-6-7-10-18/h13,18,20H,6-12,14H2,1-5H3,(H,31,34)(H3,27,29,32)/t20-/m0/s1. The van der Waals surface area contributed by atoms with Crippen LogP contribution in [0.1, 0.15) is 80.2 Å². The van der Waals surface area contributed by atoms with E-state index in [9.17, 15) is 18.0 Å². The Balaban J connectivity index is 1.61. The normalized spacial score (nSPS) is 17.3. The summed E-state index contributed by atoms with van der Waals surface area (Å²) in [4.78, 5) is 27.7. The van der Waals surface area contributed by atoms with Crippen LogP contribution in [-0.4, -0.2) is 49.7 Å². The number of sulfonamides is 1. The van der Waals surface area contributed by atoms with Crippen LogP contribution in [0.5, 0.6) is 0 Å². The van der Waals surface area contributed by atoms with Gasteiger partial charge in [0.05, 0.1) is 23.1 Å². The highest BCUT2D eigenvalue weighted by Gasteiger charge is 2.37. The van der Waals surface area contributed by atoms with E-state index in [4.69, 9.17) is 15.7 Å². The second-order valence-corrected chi connectivity index (χ2v) is 12.2. The molecule has 0 saturated heterocycles. The molecule has 1 saturated carbocycles. The molecule has 2 aliphatic rings. The van der Waals surface area contributed by atoms with Crippen molar-refractivity contribution in [2.45, 2.75) is 96.3 Å². The SMILES string of the molecule is Cc1c(C)c(S(=O)(=O)NC(=N)NCCC[C@H](NC(=O)C2CCCC2)C(=O)C=[N+]=[N-])c(C)c2c1C(C)(C)OC2. The third kappa shape index (κ3) is 6.31. The van der Waals surface area contributed by atoms with Gasteiger partial charge in [-0.3, -0.25) is 15.0 Å². The largest absolute Gasteiger partial charge is 0.366 e. The van der Waals surface area contributed by atoms with Crippen molar-refractivity contribution in [3.63, 3.8) is 0 Å². The van der Waals surface area contributed by atoms with Gasteiger partial charge in [0, 0.05) is 12.5 Å². The van der Waals surface area contributed by atoms with Crippen LogP contribution >= 0.6 is 0 Å². The molecule has 1 fully saturated rings. The maximum atomic E-state index is 13.3. The zero-order valence-electron chi connectivity index (χ0n) is 22.7. The van der Waals surface area contributed by atoms with E-state index in [-0.39, 0.29) is 29.7 Å². The third-order valence-corrected chi connectivity index (χ3v) is 9.22. The first-order valence-electron chi connectivity index (χ1n) is 12.9. The van der Waals surface area contributed by atoms with Gasteiger partial charge in [-0.2, -0.15) is 4.79 Å². The molecule has 0 spiro atoms. The molecule has 38 heavy (non-hydrogen) atoms. The highest BCUT2D eigenvalue weighted by Crippen LogP contribution is 2.43. The van der Waals surface area contributed by atoms with Gasteiger partial charge in [0.25, 0.3) is 15.8 Å². The van der Waals surface area contributed by atoms with Gasteiger partial charge in [-0.15, -0.1) is 0 Å². The van der Waals surface area contributed by atoms with E-state index in [0.29, 0.717) is 24.2 Å². The zero-order chi connectivity index (χ0) is 28.3. The first kappa shape index (κ1) is 29.5. The maximum absolute atomic E-state index is 13.3. The minimum Gasteiger partial charge on any atom is -0.366 e. The Labute approximate surface area is 224 Å². The van der Waals surface area contributed by atoms with Crippen LogP contribution in [0.4, 0.5) is 0 Å². The Morgan fingerprint density at radius 2 is 1.84 bits per heavy atom. The predicted octanol–water partition coefficient (Wildman–Crippen LogP) is 2.50. The summed E-state index contributed by atoms with van der Waals surface area (Å²) in [6.07, 6.45) is 4.87. The lowest BCUT2D eigenvalue weighted by molar-refractivity contribution is -0.129. The molecule has 1 amide bonds. The lowest BCUT2D eigenvalue weighted by atomic mass is 9.87. The molecule has 1 atom stereocenters. The number of hydrogen-bond acceptors (Lipinski definition) is 6. The van der Waals surface area contributed by atoms with Gasteiger partial charge >= 0.3 is 6.21 Å². The topological polar surface area (TPSA) is 174 Å². The van der Waals surface area contributed by atoms with E-state index in [0.717, 1.165) is 48.6 Å². The number of benzene rings is 1. The molecular formula is C26H38N6O5S. The van der Waals surface area contributed by atoms with Crippen molar-refractivity contribution < 1.29 is 27.5 Å². The van der Waals surface area contributed by atoms with Crippen LogP contribution in [0.2, 0.25) is 0 Å². The second-order valence-electron chi connectivity index (χ2n) is 10.6. The van der Waals surface area contributed by atoms with Crippen LogP contribution in [0.15, 0.2) is 4.90 Å². The summed E-state index contributed by atoms with van der Waals surface area (Å²) in [6.45, 7) is 9.84. The molecule has 208 valence electrons. The second kappa shape index (κ2) is 11.8. The number of nitrogens with one attached hydrogen (secondary N) is 4. The summed E-state index contributed by atoms with van der Waals surface area (Å²) in [5.74, 6) is -1.23. The Kier molecular flexibility index (Phi) is 9.12. The molecule has 12 heteroatoms. The number of carbonyl (C=O) groups excluding carboxylic acids is 2. The molecule has 1 aliphatic heterocycles. The molecule has 0 unspecified atom stereocenters. The van der Waals surface area contributed by atoms with Crippen molar-refractivity contribution in [2.24, 2.45) is 5.92 Å². The molecule has 1 aliphatic carbocycles. The predicted molar refractivity (Wildman–Crippen MR) is 142 cm³/mol. The Morgan fingerprint density at radius 1 is 1.18 bits per heavy atom. The summed E-state index contributed by atoms with van der Waals surface area (Å²) < 4.78 is 34.8. The lowest BCUT2D eigenvalue weighted by Crippen LogP contribution is -2.45. The van der Waals surface area contributed by atoms with E-state index in [1.807, 2.05) is 20.8 Å². The molecule has 0 radical (unpaired) electrons. The van der Waals surface area contributed by atoms with E-state index >= 15 is 0 Å². The molecule has 0 aromatic heterocycles. The summed E-state index contributed by atoms with van der Waals surface area (Å²) >= 11 is 0. The van der Waals surface area contributed by atoms with Gasteiger partial charge in [-0.25, -0.2) is 13.1 Å². The number of guanidine groups is 1. The van der Waals surface area contributed by atoms with Crippen LogP contribution in [0.3, 0.4) is 0 Å². The molecule has 3 rings (SSSR count). The number of rotatable bonds is 10. The molecule has 1 aromatic carbocycles.